The van der Waals surface area contributed by atoms with Gasteiger partial charge in [-0.25, -0.2) is 8.42 Å². The van der Waals surface area contributed by atoms with Gasteiger partial charge in [-0.05, 0) is 25.0 Å². The molecule has 2 heterocycles. The monoisotopic (exact) mass is 322 g/mol. The fourth-order valence-electron chi connectivity index (χ4n) is 2.91. The number of sulfone groups is 1. The third kappa shape index (κ3) is 3.49. The van der Waals surface area contributed by atoms with E-state index in [0.29, 0.717) is 19.4 Å². The van der Waals surface area contributed by atoms with E-state index < -0.39 is 21.7 Å². The van der Waals surface area contributed by atoms with Gasteiger partial charge in [-0.1, -0.05) is 6.92 Å². The SMILES string of the molecule is COC(=O)C(C)CS(=O)(=O)C1CCOC2(CCSC2)C1. The van der Waals surface area contributed by atoms with Crippen LogP contribution in [0.15, 0.2) is 0 Å². The number of hydrogen-bond donors (Lipinski definition) is 0. The summed E-state index contributed by atoms with van der Waals surface area (Å²) in [5.74, 6) is 0.707. The van der Waals surface area contributed by atoms with Gasteiger partial charge in [0.15, 0.2) is 9.84 Å². The van der Waals surface area contributed by atoms with Crippen LogP contribution in [0.25, 0.3) is 0 Å². The maximum Gasteiger partial charge on any atom is 0.309 e. The Morgan fingerprint density at radius 1 is 1.55 bits per heavy atom. The van der Waals surface area contributed by atoms with E-state index in [1.807, 2.05) is 11.8 Å². The van der Waals surface area contributed by atoms with Crippen molar-refractivity contribution >= 4 is 27.6 Å². The quantitative estimate of drug-likeness (QED) is 0.726. The van der Waals surface area contributed by atoms with E-state index in [9.17, 15) is 13.2 Å². The average molecular weight is 322 g/mol. The molecule has 3 unspecified atom stereocenters. The van der Waals surface area contributed by atoms with E-state index in [0.717, 1.165) is 17.9 Å². The van der Waals surface area contributed by atoms with Crippen molar-refractivity contribution in [2.75, 3.05) is 31.0 Å². The molecule has 0 aromatic heterocycles. The van der Waals surface area contributed by atoms with E-state index in [1.165, 1.54) is 7.11 Å². The molecule has 2 saturated heterocycles. The van der Waals surface area contributed by atoms with E-state index in [4.69, 9.17) is 4.74 Å². The molecule has 2 aliphatic heterocycles. The molecular weight excluding hydrogens is 300 g/mol. The zero-order chi connectivity index (χ0) is 14.8. The molecule has 2 rings (SSSR count). The van der Waals surface area contributed by atoms with Gasteiger partial charge in [0.05, 0.1) is 29.6 Å². The highest BCUT2D eigenvalue weighted by Gasteiger charge is 2.44. The minimum atomic E-state index is -3.29. The Morgan fingerprint density at radius 3 is 2.90 bits per heavy atom. The predicted molar refractivity (Wildman–Crippen MR) is 78.6 cm³/mol. The highest BCUT2D eigenvalue weighted by Crippen LogP contribution is 2.40. The molecule has 0 aromatic carbocycles. The number of thioether (sulfide) groups is 1. The fourth-order valence-corrected chi connectivity index (χ4v) is 6.40. The maximum absolute atomic E-state index is 12.5. The van der Waals surface area contributed by atoms with Crippen molar-refractivity contribution in [2.24, 2.45) is 5.92 Å². The van der Waals surface area contributed by atoms with E-state index >= 15 is 0 Å². The molecule has 0 N–H and O–H groups in total. The van der Waals surface area contributed by atoms with E-state index in [-0.39, 0.29) is 16.6 Å². The Morgan fingerprint density at radius 2 is 2.30 bits per heavy atom. The molecule has 0 aliphatic carbocycles. The van der Waals surface area contributed by atoms with Crippen LogP contribution in [0.5, 0.6) is 0 Å². The van der Waals surface area contributed by atoms with E-state index in [1.54, 1.807) is 6.92 Å². The summed E-state index contributed by atoms with van der Waals surface area (Å²) in [4.78, 5) is 11.4. The lowest BCUT2D eigenvalue weighted by Crippen LogP contribution is -2.45. The molecule has 2 aliphatic rings. The second kappa shape index (κ2) is 6.23. The van der Waals surface area contributed by atoms with E-state index in [2.05, 4.69) is 4.74 Å². The summed E-state index contributed by atoms with van der Waals surface area (Å²) in [7, 11) is -2.01. The van der Waals surface area contributed by atoms with Crippen LogP contribution in [-0.2, 0) is 24.1 Å². The van der Waals surface area contributed by atoms with Crippen molar-refractivity contribution in [2.45, 2.75) is 37.0 Å². The first kappa shape index (κ1) is 16.1. The Bertz CT molecular complexity index is 453. The number of carbonyl (C=O) groups excluding carboxylic acids is 1. The number of methoxy groups -OCH3 is 1. The first-order valence-electron chi connectivity index (χ1n) is 6.90. The molecule has 0 radical (unpaired) electrons. The van der Waals surface area contributed by atoms with Gasteiger partial charge in [0.1, 0.15) is 0 Å². The summed E-state index contributed by atoms with van der Waals surface area (Å²) in [6.07, 6.45) is 2.02. The van der Waals surface area contributed by atoms with Gasteiger partial charge in [-0.3, -0.25) is 4.79 Å². The molecule has 0 saturated carbocycles. The van der Waals surface area contributed by atoms with Crippen LogP contribution in [0.4, 0.5) is 0 Å². The van der Waals surface area contributed by atoms with Crippen LogP contribution in [-0.4, -0.2) is 56.2 Å². The van der Waals surface area contributed by atoms with Crippen LogP contribution in [0.2, 0.25) is 0 Å². The average Bonchev–Trinajstić information content (AvgIpc) is 2.85. The van der Waals surface area contributed by atoms with Crippen molar-refractivity contribution < 1.29 is 22.7 Å². The molecule has 2 fully saturated rings. The smallest absolute Gasteiger partial charge is 0.309 e. The van der Waals surface area contributed by atoms with Gasteiger partial charge in [-0.15, -0.1) is 0 Å². The molecule has 0 aromatic rings. The van der Waals surface area contributed by atoms with Gasteiger partial charge in [0.25, 0.3) is 0 Å². The Balaban J connectivity index is 2.03. The van der Waals surface area contributed by atoms with Crippen LogP contribution in [0.1, 0.15) is 26.2 Å². The number of carbonyl (C=O) groups is 1. The Hall–Kier alpha value is -0.270. The summed E-state index contributed by atoms with van der Waals surface area (Å²) in [6.45, 7) is 2.10. The second-order valence-electron chi connectivity index (χ2n) is 5.70. The van der Waals surface area contributed by atoms with Crippen molar-refractivity contribution in [3.05, 3.63) is 0 Å². The molecule has 0 bridgehead atoms. The minimum Gasteiger partial charge on any atom is -0.469 e. The van der Waals surface area contributed by atoms with Crippen LogP contribution in [0, 0.1) is 5.92 Å². The number of rotatable bonds is 4. The predicted octanol–water partition coefficient (Wildman–Crippen LogP) is 1.27. The molecule has 5 nitrogen and oxygen atoms in total. The largest absolute Gasteiger partial charge is 0.469 e. The van der Waals surface area contributed by atoms with Crippen molar-refractivity contribution in [1.82, 2.24) is 0 Å². The molecule has 7 heteroatoms. The highest BCUT2D eigenvalue weighted by molar-refractivity contribution is 7.99. The van der Waals surface area contributed by atoms with Crippen molar-refractivity contribution in [3.63, 3.8) is 0 Å². The fraction of sp³-hybridized carbons (Fsp3) is 0.923. The minimum absolute atomic E-state index is 0.131. The molecule has 0 amide bonds. The number of hydrogen-bond acceptors (Lipinski definition) is 6. The van der Waals surface area contributed by atoms with Crippen LogP contribution in [0.3, 0.4) is 0 Å². The topological polar surface area (TPSA) is 69.7 Å². The maximum atomic E-state index is 12.5. The summed E-state index contributed by atoms with van der Waals surface area (Å²) in [6, 6.07) is 0. The molecule has 20 heavy (non-hydrogen) atoms. The van der Waals surface area contributed by atoms with Gasteiger partial charge in [0.2, 0.25) is 0 Å². The number of ether oxygens (including phenoxy) is 2. The summed E-state index contributed by atoms with van der Waals surface area (Å²) in [5.41, 5.74) is -0.255. The lowest BCUT2D eigenvalue weighted by Gasteiger charge is -2.37. The number of esters is 1. The highest BCUT2D eigenvalue weighted by atomic mass is 32.2. The zero-order valence-electron chi connectivity index (χ0n) is 12.0. The van der Waals surface area contributed by atoms with Crippen LogP contribution >= 0.6 is 11.8 Å². The van der Waals surface area contributed by atoms with Gasteiger partial charge >= 0.3 is 5.97 Å². The third-order valence-corrected chi connectivity index (χ3v) is 7.71. The first-order valence-corrected chi connectivity index (χ1v) is 9.77. The molecule has 3 atom stereocenters. The summed E-state index contributed by atoms with van der Waals surface area (Å²) >= 11 is 1.82. The Kier molecular flexibility index (Phi) is 5.02. The molecular formula is C13H22O5S2. The zero-order valence-corrected chi connectivity index (χ0v) is 13.6. The lowest BCUT2D eigenvalue weighted by atomic mass is 9.93. The molecule has 116 valence electrons. The lowest BCUT2D eigenvalue weighted by molar-refractivity contribution is -0.144. The standard InChI is InChI=1S/C13H22O5S2/c1-10(12(14)17-2)8-20(15,16)11-3-5-18-13(7-11)4-6-19-9-13/h10-11H,3-9H2,1-2H3. The van der Waals surface area contributed by atoms with Gasteiger partial charge in [-0.2, -0.15) is 11.8 Å². The third-order valence-electron chi connectivity index (χ3n) is 4.11. The van der Waals surface area contributed by atoms with Gasteiger partial charge < -0.3 is 9.47 Å². The van der Waals surface area contributed by atoms with Crippen molar-refractivity contribution in [3.8, 4) is 0 Å². The van der Waals surface area contributed by atoms with Crippen LogP contribution < -0.4 is 0 Å². The van der Waals surface area contributed by atoms with Crippen molar-refractivity contribution in [1.29, 1.82) is 0 Å². The first-order chi connectivity index (χ1) is 9.38. The Labute approximate surface area is 124 Å². The summed E-state index contributed by atoms with van der Waals surface area (Å²) < 4.78 is 35.4. The molecule has 1 spiro atoms. The summed E-state index contributed by atoms with van der Waals surface area (Å²) in [5, 5.41) is -0.387. The second-order valence-corrected chi connectivity index (χ2v) is 9.13. The normalized spacial score (nSPS) is 32.2. The van der Waals surface area contributed by atoms with Gasteiger partial charge in [0, 0.05) is 12.4 Å².